The van der Waals surface area contributed by atoms with Gasteiger partial charge in [0.15, 0.2) is 11.0 Å². The minimum atomic E-state index is -0.370. The molecule has 1 aromatic heterocycles. The molecule has 1 N–H and O–H groups in total. The fraction of sp³-hybridized carbons (Fsp3) is 0.222. The van der Waals surface area contributed by atoms with Crippen molar-refractivity contribution in [1.29, 1.82) is 0 Å². The van der Waals surface area contributed by atoms with Gasteiger partial charge >= 0.3 is 0 Å². The molecule has 0 saturated carbocycles. The van der Waals surface area contributed by atoms with Crippen molar-refractivity contribution in [3.63, 3.8) is 0 Å². The molecule has 34 heavy (non-hydrogen) atoms. The number of aromatic nitrogens is 3. The molecule has 2 unspecified atom stereocenters. The maximum absolute atomic E-state index is 13.0. The van der Waals surface area contributed by atoms with Crippen LogP contribution in [0.5, 0.6) is 5.75 Å². The van der Waals surface area contributed by atoms with Gasteiger partial charge in [-0.25, -0.2) is 0 Å². The Hall–Kier alpha value is -3.58. The van der Waals surface area contributed by atoms with Crippen LogP contribution in [-0.2, 0) is 4.79 Å². The zero-order valence-corrected chi connectivity index (χ0v) is 20.5. The summed E-state index contributed by atoms with van der Waals surface area (Å²) in [6, 6.07) is 25.7. The third-order valence-corrected chi connectivity index (χ3v) is 6.63. The van der Waals surface area contributed by atoms with Gasteiger partial charge in [0.2, 0.25) is 5.91 Å². The Morgan fingerprint density at radius 3 is 2.32 bits per heavy atom. The number of carbonyl (C=O) groups excluding carboxylic acids is 1. The number of ether oxygens (including phenoxy) is 1. The summed E-state index contributed by atoms with van der Waals surface area (Å²) < 4.78 is 7.55. The van der Waals surface area contributed by atoms with Gasteiger partial charge in [0.05, 0.1) is 24.0 Å². The molecular formula is C27H28N4O2S. The van der Waals surface area contributed by atoms with E-state index >= 15 is 0 Å². The van der Waals surface area contributed by atoms with Crippen LogP contribution in [0.15, 0.2) is 84.0 Å². The molecule has 0 bridgehead atoms. The molecule has 0 spiro atoms. The number of thioether (sulfide) groups is 1. The molecule has 0 saturated heterocycles. The lowest BCUT2D eigenvalue weighted by Gasteiger charge is -2.18. The topological polar surface area (TPSA) is 69.0 Å². The number of benzene rings is 3. The van der Waals surface area contributed by atoms with Crippen molar-refractivity contribution in [3.8, 4) is 22.8 Å². The van der Waals surface area contributed by atoms with Gasteiger partial charge in [0.25, 0.3) is 0 Å². The third-order valence-electron chi connectivity index (χ3n) is 5.58. The Balaban J connectivity index is 1.64. The first kappa shape index (κ1) is 23.6. The number of amides is 1. The van der Waals surface area contributed by atoms with Crippen LogP contribution < -0.4 is 10.1 Å². The summed E-state index contributed by atoms with van der Waals surface area (Å²) in [5, 5.41) is 12.3. The van der Waals surface area contributed by atoms with Gasteiger partial charge in [0.1, 0.15) is 5.75 Å². The second-order valence-electron chi connectivity index (χ2n) is 8.08. The van der Waals surface area contributed by atoms with E-state index in [1.54, 1.807) is 7.11 Å². The predicted molar refractivity (Wildman–Crippen MR) is 136 cm³/mol. The van der Waals surface area contributed by atoms with Crippen LogP contribution in [-0.4, -0.2) is 33.0 Å². The number of nitrogens with zero attached hydrogens (tertiary/aromatic N) is 3. The van der Waals surface area contributed by atoms with Gasteiger partial charge in [-0.15, -0.1) is 10.2 Å². The van der Waals surface area contributed by atoms with Gasteiger partial charge in [-0.3, -0.25) is 9.36 Å². The molecule has 174 valence electrons. The van der Waals surface area contributed by atoms with Gasteiger partial charge in [-0.2, -0.15) is 0 Å². The first-order chi connectivity index (χ1) is 16.5. The fourth-order valence-corrected chi connectivity index (χ4v) is 4.52. The fourth-order valence-electron chi connectivity index (χ4n) is 3.64. The van der Waals surface area contributed by atoms with Crippen molar-refractivity contribution >= 4 is 17.7 Å². The molecule has 3 aromatic carbocycles. The van der Waals surface area contributed by atoms with E-state index in [0.717, 1.165) is 22.4 Å². The number of nitrogens with one attached hydrogen (secondary N) is 1. The van der Waals surface area contributed by atoms with E-state index in [9.17, 15) is 4.79 Å². The average molecular weight is 473 g/mol. The first-order valence-corrected chi connectivity index (χ1v) is 12.0. The summed E-state index contributed by atoms with van der Waals surface area (Å²) in [4.78, 5) is 13.0. The summed E-state index contributed by atoms with van der Waals surface area (Å²) in [7, 11) is 1.64. The number of carbonyl (C=O) groups is 1. The van der Waals surface area contributed by atoms with Crippen molar-refractivity contribution in [2.45, 2.75) is 37.2 Å². The van der Waals surface area contributed by atoms with Gasteiger partial charge in [-0.1, -0.05) is 71.9 Å². The molecule has 0 radical (unpaired) electrons. The highest BCUT2D eigenvalue weighted by molar-refractivity contribution is 8.00. The Labute approximate surface area is 204 Å². The molecule has 0 aliphatic rings. The van der Waals surface area contributed by atoms with Crippen LogP contribution in [0.25, 0.3) is 17.1 Å². The minimum absolute atomic E-state index is 0.0568. The van der Waals surface area contributed by atoms with Gasteiger partial charge in [0, 0.05) is 5.69 Å². The summed E-state index contributed by atoms with van der Waals surface area (Å²) in [6.07, 6.45) is 0. The lowest BCUT2D eigenvalue weighted by molar-refractivity contribution is -0.120. The van der Waals surface area contributed by atoms with Crippen LogP contribution in [0.4, 0.5) is 0 Å². The van der Waals surface area contributed by atoms with E-state index in [4.69, 9.17) is 4.74 Å². The van der Waals surface area contributed by atoms with E-state index in [-0.39, 0.29) is 17.2 Å². The molecule has 0 fully saturated rings. The van der Waals surface area contributed by atoms with E-state index in [2.05, 4.69) is 15.5 Å². The van der Waals surface area contributed by atoms with Crippen molar-refractivity contribution in [1.82, 2.24) is 20.1 Å². The van der Waals surface area contributed by atoms with E-state index in [1.165, 1.54) is 11.8 Å². The second-order valence-corrected chi connectivity index (χ2v) is 9.39. The Bertz CT molecular complexity index is 1260. The Morgan fingerprint density at radius 1 is 0.941 bits per heavy atom. The minimum Gasteiger partial charge on any atom is -0.496 e. The maximum Gasteiger partial charge on any atom is 0.233 e. The van der Waals surface area contributed by atoms with Crippen LogP contribution in [0.3, 0.4) is 0 Å². The molecule has 7 heteroatoms. The van der Waals surface area contributed by atoms with Crippen molar-refractivity contribution in [2.24, 2.45) is 0 Å². The summed E-state index contributed by atoms with van der Waals surface area (Å²) in [5.41, 5.74) is 3.98. The smallest absolute Gasteiger partial charge is 0.233 e. The SMILES string of the molecule is COc1ccccc1-c1nnc(SC(C)C(=O)NC(C)c2ccccc2)n1-c1ccc(C)cc1. The van der Waals surface area contributed by atoms with Crippen molar-refractivity contribution in [3.05, 3.63) is 90.0 Å². The molecule has 1 heterocycles. The van der Waals surface area contributed by atoms with Crippen molar-refractivity contribution in [2.75, 3.05) is 7.11 Å². The lowest BCUT2D eigenvalue weighted by atomic mass is 10.1. The van der Waals surface area contributed by atoms with Crippen LogP contribution in [0, 0.1) is 6.92 Å². The predicted octanol–water partition coefficient (Wildman–Crippen LogP) is 5.61. The molecule has 1 amide bonds. The average Bonchev–Trinajstić information content (AvgIpc) is 3.28. The quantitative estimate of drug-likeness (QED) is 0.338. The van der Waals surface area contributed by atoms with E-state index < -0.39 is 0 Å². The van der Waals surface area contributed by atoms with Gasteiger partial charge < -0.3 is 10.1 Å². The summed E-state index contributed by atoms with van der Waals surface area (Å²) >= 11 is 1.38. The van der Waals surface area contributed by atoms with E-state index in [0.29, 0.717) is 16.7 Å². The highest BCUT2D eigenvalue weighted by atomic mass is 32.2. The number of hydrogen-bond donors (Lipinski definition) is 1. The number of aryl methyl sites for hydroxylation is 1. The highest BCUT2D eigenvalue weighted by Gasteiger charge is 2.24. The number of para-hydroxylation sites is 1. The molecular weight excluding hydrogens is 444 g/mol. The highest BCUT2D eigenvalue weighted by Crippen LogP contribution is 2.34. The van der Waals surface area contributed by atoms with Crippen LogP contribution in [0.1, 0.15) is 31.0 Å². The Morgan fingerprint density at radius 2 is 1.62 bits per heavy atom. The maximum atomic E-state index is 13.0. The molecule has 6 nitrogen and oxygen atoms in total. The number of rotatable bonds is 8. The summed E-state index contributed by atoms with van der Waals surface area (Å²) in [5.74, 6) is 1.31. The first-order valence-electron chi connectivity index (χ1n) is 11.2. The zero-order chi connectivity index (χ0) is 24.1. The Kier molecular flexibility index (Phi) is 7.33. The third kappa shape index (κ3) is 5.15. The molecule has 2 atom stereocenters. The standard InChI is InChI=1S/C27H28N4O2S/c1-18-14-16-22(17-15-18)31-25(23-12-8-9-13-24(23)33-4)29-30-27(31)34-20(3)26(32)28-19(2)21-10-6-5-7-11-21/h5-17,19-20H,1-4H3,(H,28,32). The molecule has 4 aromatic rings. The van der Waals surface area contributed by atoms with Gasteiger partial charge in [-0.05, 0) is 50.6 Å². The summed E-state index contributed by atoms with van der Waals surface area (Å²) in [6.45, 7) is 5.92. The number of hydrogen-bond acceptors (Lipinski definition) is 5. The van der Waals surface area contributed by atoms with Crippen LogP contribution >= 0.6 is 11.8 Å². The number of methoxy groups -OCH3 is 1. The lowest BCUT2D eigenvalue weighted by Crippen LogP contribution is -2.33. The second kappa shape index (κ2) is 10.6. The van der Waals surface area contributed by atoms with Crippen LogP contribution in [0.2, 0.25) is 0 Å². The molecule has 0 aliphatic carbocycles. The normalized spacial score (nSPS) is 12.7. The largest absolute Gasteiger partial charge is 0.496 e. The molecule has 4 rings (SSSR count). The molecule has 0 aliphatic heterocycles. The van der Waals surface area contributed by atoms with Crippen molar-refractivity contribution < 1.29 is 9.53 Å². The zero-order valence-electron chi connectivity index (χ0n) is 19.7. The monoisotopic (exact) mass is 472 g/mol. The van der Waals surface area contributed by atoms with E-state index in [1.807, 2.05) is 104 Å².